The van der Waals surface area contributed by atoms with E-state index in [2.05, 4.69) is 127 Å². The number of hydrogen-bond acceptors (Lipinski definition) is 3. The Morgan fingerprint density at radius 2 is 0.906 bits per heavy atom. The van der Waals surface area contributed by atoms with E-state index in [0.29, 0.717) is 0 Å². The number of aliphatic hydroxyl groups is 1. The van der Waals surface area contributed by atoms with Gasteiger partial charge in [0.1, 0.15) is 11.5 Å². The number of methoxy groups -OCH3 is 2. The van der Waals surface area contributed by atoms with E-state index in [4.69, 9.17) is 9.47 Å². The summed E-state index contributed by atoms with van der Waals surface area (Å²) in [6, 6.07) is 12.4. The zero-order valence-electron chi connectivity index (χ0n) is 17.2. The maximum Gasteiger partial charge on any atom is 0.147 e. The molecule has 0 unspecified atom stereocenters. The van der Waals surface area contributed by atoms with Crippen LogP contribution in [-0.2, 0) is 12.0 Å². The number of rotatable bonds is 6. The second kappa shape index (κ2) is 10.8. The number of aliphatic hydroxyl groups excluding tert-OH is 1. The standard InChI is InChI=1S/C23H18Br6O3/c1-23(11-4-15(24)14(10-30)16(25)5-11,12-6-17(26)21(31-2)18(27)7-12)13-8-19(28)22(32-3)20(29)9-13/h4-9,30H,10H2,1-3H3. The molecule has 9 heteroatoms. The average Bonchev–Trinajstić information content (AvgIpc) is 2.72. The first-order chi connectivity index (χ1) is 15.1. The summed E-state index contributed by atoms with van der Waals surface area (Å²) in [5.74, 6) is 1.46. The molecule has 0 saturated carbocycles. The lowest BCUT2D eigenvalue weighted by atomic mass is 9.71. The van der Waals surface area contributed by atoms with Gasteiger partial charge in [-0.25, -0.2) is 0 Å². The molecule has 0 spiro atoms. The van der Waals surface area contributed by atoms with Crippen molar-refractivity contribution < 1.29 is 14.6 Å². The maximum atomic E-state index is 9.78. The molecule has 0 heterocycles. The van der Waals surface area contributed by atoms with Crippen molar-refractivity contribution in [3.05, 3.63) is 85.5 Å². The highest BCUT2D eigenvalue weighted by atomic mass is 79.9. The third kappa shape index (κ3) is 4.90. The van der Waals surface area contributed by atoms with Crippen LogP contribution in [0.15, 0.2) is 63.2 Å². The van der Waals surface area contributed by atoms with Crippen LogP contribution in [-0.4, -0.2) is 19.3 Å². The van der Waals surface area contributed by atoms with E-state index in [1.54, 1.807) is 14.2 Å². The van der Waals surface area contributed by atoms with Crippen LogP contribution in [0.4, 0.5) is 0 Å². The van der Waals surface area contributed by atoms with Gasteiger partial charge in [-0.1, -0.05) is 31.9 Å². The molecule has 0 aliphatic carbocycles. The fraction of sp³-hybridized carbons (Fsp3) is 0.217. The minimum absolute atomic E-state index is 0.0720. The second-order valence-electron chi connectivity index (χ2n) is 7.15. The van der Waals surface area contributed by atoms with Gasteiger partial charge < -0.3 is 14.6 Å². The molecule has 0 amide bonds. The molecule has 0 radical (unpaired) electrons. The Balaban J connectivity index is 2.40. The summed E-state index contributed by atoms with van der Waals surface area (Å²) >= 11 is 21.9. The summed E-state index contributed by atoms with van der Waals surface area (Å²) in [5.41, 5.74) is 3.33. The van der Waals surface area contributed by atoms with Crippen LogP contribution in [0.3, 0.4) is 0 Å². The topological polar surface area (TPSA) is 38.7 Å². The predicted molar refractivity (Wildman–Crippen MR) is 150 cm³/mol. The lowest BCUT2D eigenvalue weighted by Crippen LogP contribution is -2.26. The largest absolute Gasteiger partial charge is 0.494 e. The number of hydrogen-bond donors (Lipinski definition) is 1. The molecule has 170 valence electrons. The van der Waals surface area contributed by atoms with Crippen molar-refractivity contribution >= 4 is 95.6 Å². The smallest absolute Gasteiger partial charge is 0.147 e. The molecule has 3 aromatic rings. The van der Waals surface area contributed by atoms with E-state index < -0.39 is 5.41 Å². The number of ether oxygens (including phenoxy) is 2. The van der Waals surface area contributed by atoms with Crippen LogP contribution in [0.2, 0.25) is 0 Å². The van der Waals surface area contributed by atoms with Crippen molar-refractivity contribution in [3.8, 4) is 11.5 Å². The first-order valence-corrected chi connectivity index (χ1v) is 14.0. The summed E-state index contributed by atoms with van der Waals surface area (Å²) in [6.07, 6.45) is 0. The molecule has 0 atom stereocenters. The van der Waals surface area contributed by atoms with Gasteiger partial charge >= 0.3 is 0 Å². The molecule has 32 heavy (non-hydrogen) atoms. The molecule has 0 bridgehead atoms. The lowest BCUT2D eigenvalue weighted by molar-refractivity contribution is 0.280. The van der Waals surface area contributed by atoms with Gasteiger partial charge in [0.15, 0.2) is 0 Å². The Morgan fingerprint density at radius 3 is 1.16 bits per heavy atom. The van der Waals surface area contributed by atoms with Gasteiger partial charge in [0, 0.05) is 19.9 Å². The van der Waals surface area contributed by atoms with Crippen molar-refractivity contribution in [2.75, 3.05) is 14.2 Å². The first kappa shape index (κ1) is 26.7. The Morgan fingerprint density at radius 1 is 0.625 bits per heavy atom. The summed E-state index contributed by atoms with van der Waals surface area (Å²) in [4.78, 5) is 0. The quantitative estimate of drug-likeness (QED) is 0.253. The van der Waals surface area contributed by atoms with Crippen molar-refractivity contribution in [2.45, 2.75) is 18.9 Å². The molecule has 3 rings (SSSR count). The van der Waals surface area contributed by atoms with Gasteiger partial charge in [-0.2, -0.15) is 0 Å². The Hall–Kier alpha value is 0.1000. The zero-order chi connectivity index (χ0) is 23.8. The van der Waals surface area contributed by atoms with Crippen LogP contribution in [0.5, 0.6) is 11.5 Å². The molecule has 0 aliphatic rings. The Bertz CT molecular complexity index is 965. The summed E-state index contributed by atoms with van der Waals surface area (Å²) < 4.78 is 16.1. The highest BCUT2D eigenvalue weighted by Gasteiger charge is 2.35. The molecule has 3 aromatic carbocycles. The van der Waals surface area contributed by atoms with E-state index >= 15 is 0 Å². The van der Waals surface area contributed by atoms with E-state index in [9.17, 15) is 5.11 Å². The molecule has 0 saturated heterocycles. The molecule has 0 aromatic heterocycles. The number of benzene rings is 3. The lowest BCUT2D eigenvalue weighted by Gasteiger charge is -2.34. The number of halogens is 6. The van der Waals surface area contributed by atoms with Crippen LogP contribution >= 0.6 is 95.6 Å². The maximum absolute atomic E-state index is 9.78. The molecular weight excluding hydrogens is 804 g/mol. The Labute approximate surface area is 238 Å². The molecule has 3 nitrogen and oxygen atoms in total. The van der Waals surface area contributed by atoms with Crippen LogP contribution in [0.25, 0.3) is 0 Å². The van der Waals surface area contributed by atoms with Gasteiger partial charge in [0.25, 0.3) is 0 Å². The summed E-state index contributed by atoms with van der Waals surface area (Å²) in [7, 11) is 3.28. The molecule has 0 fully saturated rings. The van der Waals surface area contributed by atoms with Crippen LogP contribution < -0.4 is 9.47 Å². The monoisotopic (exact) mass is 816 g/mol. The van der Waals surface area contributed by atoms with Gasteiger partial charge in [-0.05, 0) is 124 Å². The van der Waals surface area contributed by atoms with E-state index in [-0.39, 0.29) is 6.61 Å². The van der Waals surface area contributed by atoms with Crippen molar-refractivity contribution in [2.24, 2.45) is 0 Å². The van der Waals surface area contributed by atoms with E-state index in [1.165, 1.54) is 0 Å². The summed E-state index contributed by atoms with van der Waals surface area (Å²) in [6.45, 7) is 2.10. The second-order valence-corrected chi connectivity index (χ2v) is 12.3. The fourth-order valence-electron chi connectivity index (χ4n) is 3.63. The van der Waals surface area contributed by atoms with Gasteiger partial charge in [-0.3, -0.25) is 0 Å². The third-order valence-corrected chi connectivity index (χ3v) is 9.21. The molecular formula is C23H18Br6O3. The average molecular weight is 822 g/mol. The van der Waals surface area contributed by atoms with E-state index in [1.807, 2.05) is 12.1 Å². The van der Waals surface area contributed by atoms with Crippen molar-refractivity contribution in [1.29, 1.82) is 0 Å². The minimum atomic E-state index is -0.576. The summed E-state index contributed by atoms with van der Waals surface area (Å²) in [5, 5.41) is 9.78. The van der Waals surface area contributed by atoms with Gasteiger partial charge in [-0.15, -0.1) is 0 Å². The predicted octanol–water partition coefficient (Wildman–Crippen LogP) is 9.13. The zero-order valence-corrected chi connectivity index (χ0v) is 26.7. The molecule has 0 aliphatic heterocycles. The SMILES string of the molecule is COc1c(Br)cc(C(C)(c2cc(Br)c(CO)c(Br)c2)c2cc(Br)c(OC)c(Br)c2)cc1Br. The third-order valence-electron chi connectivity index (χ3n) is 5.44. The first-order valence-electron chi connectivity index (χ1n) is 9.24. The van der Waals surface area contributed by atoms with Crippen LogP contribution in [0, 0.1) is 0 Å². The van der Waals surface area contributed by atoms with Gasteiger partial charge in [0.2, 0.25) is 0 Å². The fourth-order valence-corrected chi connectivity index (χ4v) is 8.09. The van der Waals surface area contributed by atoms with Crippen molar-refractivity contribution in [3.63, 3.8) is 0 Å². The van der Waals surface area contributed by atoms with Crippen LogP contribution in [0.1, 0.15) is 29.2 Å². The van der Waals surface area contributed by atoms with E-state index in [0.717, 1.165) is 60.6 Å². The minimum Gasteiger partial charge on any atom is -0.494 e. The highest BCUT2D eigenvalue weighted by molar-refractivity contribution is 9.11. The van der Waals surface area contributed by atoms with Gasteiger partial charge in [0.05, 0.1) is 38.7 Å². The highest BCUT2D eigenvalue weighted by Crippen LogP contribution is 2.48. The normalized spacial score (nSPS) is 11.6. The Kier molecular flexibility index (Phi) is 9.00. The van der Waals surface area contributed by atoms with Crippen molar-refractivity contribution in [1.82, 2.24) is 0 Å². The molecule has 1 N–H and O–H groups in total.